The topological polar surface area (TPSA) is 57.8 Å². The number of nitrogens with zero attached hydrogens (tertiary/aromatic N) is 1. The molecule has 0 aliphatic carbocycles. The highest BCUT2D eigenvalue weighted by molar-refractivity contribution is 7.84. The zero-order valence-corrected chi connectivity index (χ0v) is 9.70. The van der Waals surface area contributed by atoms with Gasteiger partial charge in [0.1, 0.15) is 0 Å². The molecule has 5 heteroatoms. The Morgan fingerprint density at radius 2 is 2.21 bits per heavy atom. The highest BCUT2D eigenvalue weighted by Crippen LogP contribution is 2.07. The van der Waals surface area contributed by atoms with Crippen LogP contribution in [0.25, 0.3) is 0 Å². The number of H-pyrrole nitrogens is 1. The zero-order chi connectivity index (χ0) is 10.6. The molecule has 1 heterocycles. The van der Waals surface area contributed by atoms with Gasteiger partial charge in [0, 0.05) is 47.2 Å². The standard InChI is InChI=1S/C9H17N3OS/c1-7-9(8(2)12-11-7)6-10-4-5-14(3)13/h10H,4-6H2,1-3H3,(H,11,12). The van der Waals surface area contributed by atoms with Crippen molar-refractivity contribution in [2.45, 2.75) is 20.4 Å². The predicted octanol–water partition coefficient (Wildman–Crippen LogP) is 0.495. The lowest BCUT2D eigenvalue weighted by Crippen LogP contribution is -2.20. The smallest absolute Gasteiger partial charge is 0.0638 e. The quantitative estimate of drug-likeness (QED) is 0.703. The maximum atomic E-state index is 10.8. The van der Waals surface area contributed by atoms with Crippen molar-refractivity contribution >= 4 is 10.8 Å². The van der Waals surface area contributed by atoms with Crippen LogP contribution in [0.5, 0.6) is 0 Å². The summed E-state index contributed by atoms with van der Waals surface area (Å²) in [4.78, 5) is 0. The van der Waals surface area contributed by atoms with Gasteiger partial charge in [-0.15, -0.1) is 0 Å². The second kappa shape index (κ2) is 5.26. The monoisotopic (exact) mass is 215 g/mol. The molecule has 0 aliphatic heterocycles. The Hall–Kier alpha value is -0.680. The van der Waals surface area contributed by atoms with Gasteiger partial charge in [-0.2, -0.15) is 5.10 Å². The molecule has 14 heavy (non-hydrogen) atoms. The molecule has 0 aromatic carbocycles. The molecule has 2 N–H and O–H groups in total. The summed E-state index contributed by atoms with van der Waals surface area (Å²) in [5, 5.41) is 10.3. The van der Waals surface area contributed by atoms with Crippen molar-refractivity contribution in [1.29, 1.82) is 0 Å². The minimum Gasteiger partial charge on any atom is -0.312 e. The highest BCUT2D eigenvalue weighted by atomic mass is 32.2. The third-order valence-electron chi connectivity index (χ3n) is 2.15. The van der Waals surface area contributed by atoms with Crippen LogP contribution < -0.4 is 5.32 Å². The van der Waals surface area contributed by atoms with E-state index in [0.29, 0.717) is 5.75 Å². The van der Waals surface area contributed by atoms with Crippen molar-refractivity contribution in [2.75, 3.05) is 18.6 Å². The van der Waals surface area contributed by atoms with E-state index in [-0.39, 0.29) is 0 Å². The SMILES string of the molecule is Cc1n[nH]c(C)c1CNCCS(C)=O. The first kappa shape index (κ1) is 11.4. The van der Waals surface area contributed by atoms with Crippen LogP contribution in [0.15, 0.2) is 0 Å². The molecular formula is C9H17N3OS. The Kier molecular flexibility index (Phi) is 4.28. The van der Waals surface area contributed by atoms with E-state index >= 15 is 0 Å². The third kappa shape index (κ3) is 3.23. The fourth-order valence-electron chi connectivity index (χ4n) is 1.26. The fraction of sp³-hybridized carbons (Fsp3) is 0.667. The molecule has 1 aromatic heterocycles. The van der Waals surface area contributed by atoms with Crippen molar-refractivity contribution in [3.05, 3.63) is 17.0 Å². The van der Waals surface area contributed by atoms with E-state index in [0.717, 1.165) is 24.5 Å². The van der Waals surface area contributed by atoms with Crippen LogP contribution in [0.1, 0.15) is 17.0 Å². The second-order valence-electron chi connectivity index (χ2n) is 3.37. The zero-order valence-electron chi connectivity index (χ0n) is 8.89. The van der Waals surface area contributed by atoms with Crippen LogP contribution in [-0.4, -0.2) is 33.0 Å². The molecule has 0 radical (unpaired) electrons. The number of aromatic amines is 1. The van der Waals surface area contributed by atoms with Crippen LogP contribution >= 0.6 is 0 Å². The molecule has 0 amide bonds. The second-order valence-corrected chi connectivity index (χ2v) is 4.92. The molecule has 1 aromatic rings. The highest BCUT2D eigenvalue weighted by Gasteiger charge is 2.04. The molecular weight excluding hydrogens is 198 g/mol. The summed E-state index contributed by atoms with van der Waals surface area (Å²) >= 11 is 0. The van der Waals surface area contributed by atoms with E-state index < -0.39 is 10.8 Å². The van der Waals surface area contributed by atoms with E-state index in [1.165, 1.54) is 5.56 Å². The van der Waals surface area contributed by atoms with Gasteiger partial charge in [0.25, 0.3) is 0 Å². The van der Waals surface area contributed by atoms with E-state index in [4.69, 9.17) is 0 Å². The first-order chi connectivity index (χ1) is 6.61. The number of nitrogens with one attached hydrogen (secondary N) is 2. The van der Waals surface area contributed by atoms with Gasteiger partial charge in [-0.05, 0) is 13.8 Å². The summed E-state index contributed by atoms with van der Waals surface area (Å²) in [5.41, 5.74) is 3.35. The van der Waals surface area contributed by atoms with Gasteiger partial charge in [0.2, 0.25) is 0 Å². The Balaban J connectivity index is 2.34. The molecule has 4 nitrogen and oxygen atoms in total. The Bertz CT molecular complexity index is 302. The Morgan fingerprint density at radius 3 is 2.71 bits per heavy atom. The molecule has 0 spiro atoms. The first-order valence-electron chi connectivity index (χ1n) is 4.62. The van der Waals surface area contributed by atoms with E-state index in [1.54, 1.807) is 6.26 Å². The van der Waals surface area contributed by atoms with Crippen LogP contribution in [-0.2, 0) is 17.3 Å². The number of hydrogen-bond acceptors (Lipinski definition) is 3. The molecule has 0 aliphatic rings. The fourth-order valence-corrected chi connectivity index (χ4v) is 1.70. The summed E-state index contributed by atoms with van der Waals surface area (Å²) in [5.74, 6) is 0.704. The lowest BCUT2D eigenvalue weighted by molar-refractivity contribution is 0.676. The summed E-state index contributed by atoms with van der Waals surface area (Å²) in [6, 6.07) is 0. The Morgan fingerprint density at radius 1 is 1.50 bits per heavy atom. The lowest BCUT2D eigenvalue weighted by atomic mass is 10.2. The number of hydrogen-bond donors (Lipinski definition) is 2. The first-order valence-corrected chi connectivity index (χ1v) is 6.35. The molecule has 0 saturated carbocycles. The number of aryl methyl sites for hydroxylation is 2. The van der Waals surface area contributed by atoms with Gasteiger partial charge in [-0.1, -0.05) is 0 Å². The van der Waals surface area contributed by atoms with E-state index in [9.17, 15) is 4.21 Å². The lowest BCUT2D eigenvalue weighted by Gasteiger charge is -2.03. The number of rotatable bonds is 5. The summed E-state index contributed by atoms with van der Waals surface area (Å²) in [6.45, 7) is 5.58. The summed E-state index contributed by atoms with van der Waals surface area (Å²) < 4.78 is 10.8. The minimum atomic E-state index is -0.710. The average Bonchev–Trinajstić information content (AvgIpc) is 2.42. The van der Waals surface area contributed by atoms with E-state index in [1.807, 2.05) is 13.8 Å². The van der Waals surface area contributed by atoms with Crippen LogP contribution in [0.4, 0.5) is 0 Å². The van der Waals surface area contributed by atoms with Crippen LogP contribution in [0, 0.1) is 13.8 Å². The molecule has 0 fully saturated rings. The molecule has 1 rings (SSSR count). The van der Waals surface area contributed by atoms with Crippen molar-refractivity contribution in [3.8, 4) is 0 Å². The molecule has 1 atom stereocenters. The minimum absolute atomic E-state index is 0.704. The molecule has 0 bridgehead atoms. The third-order valence-corrected chi connectivity index (χ3v) is 2.93. The van der Waals surface area contributed by atoms with Gasteiger partial charge >= 0.3 is 0 Å². The van der Waals surface area contributed by atoms with Crippen LogP contribution in [0.3, 0.4) is 0 Å². The molecule has 1 unspecified atom stereocenters. The maximum Gasteiger partial charge on any atom is 0.0638 e. The van der Waals surface area contributed by atoms with Gasteiger partial charge in [-0.25, -0.2) is 0 Å². The van der Waals surface area contributed by atoms with Crippen molar-refractivity contribution < 1.29 is 4.21 Å². The van der Waals surface area contributed by atoms with Crippen molar-refractivity contribution in [1.82, 2.24) is 15.5 Å². The Labute approximate surface area is 86.9 Å². The maximum absolute atomic E-state index is 10.8. The van der Waals surface area contributed by atoms with Crippen molar-refractivity contribution in [2.24, 2.45) is 0 Å². The normalized spacial score (nSPS) is 13.1. The van der Waals surface area contributed by atoms with Gasteiger partial charge in [0.05, 0.1) is 5.69 Å². The van der Waals surface area contributed by atoms with Gasteiger partial charge in [0.15, 0.2) is 0 Å². The summed E-state index contributed by atoms with van der Waals surface area (Å²) in [7, 11) is -0.710. The van der Waals surface area contributed by atoms with Crippen LogP contribution in [0.2, 0.25) is 0 Å². The molecule has 0 saturated heterocycles. The molecule has 80 valence electrons. The predicted molar refractivity (Wildman–Crippen MR) is 58.7 cm³/mol. The van der Waals surface area contributed by atoms with E-state index in [2.05, 4.69) is 15.5 Å². The summed E-state index contributed by atoms with van der Waals surface area (Å²) in [6.07, 6.45) is 1.72. The average molecular weight is 215 g/mol. The van der Waals surface area contributed by atoms with Crippen molar-refractivity contribution in [3.63, 3.8) is 0 Å². The van der Waals surface area contributed by atoms with Gasteiger partial charge < -0.3 is 5.32 Å². The largest absolute Gasteiger partial charge is 0.312 e. The van der Waals surface area contributed by atoms with Gasteiger partial charge in [-0.3, -0.25) is 9.31 Å². The number of aromatic nitrogens is 2.